The molecule has 5 nitrogen and oxygen atoms in total. The summed E-state index contributed by atoms with van der Waals surface area (Å²) < 4.78 is 1.42. The number of rotatable bonds is 4. The van der Waals surface area contributed by atoms with E-state index in [1.807, 2.05) is 43.1 Å². The molecular formula is C14H18N4O. The summed E-state index contributed by atoms with van der Waals surface area (Å²) in [6, 6.07) is 9.08. The Morgan fingerprint density at radius 3 is 2.74 bits per heavy atom. The number of aromatic nitrogens is 2. The van der Waals surface area contributed by atoms with Crippen molar-refractivity contribution in [3.8, 4) is 0 Å². The molecule has 2 aromatic rings. The van der Waals surface area contributed by atoms with E-state index >= 15 is 0 Å². The lowest BCUT2D eigenvalue weighted by Gasteiger charge is -2.16. The summed E-state index contributed by atoms with van der Waals surface area (Å²) in [6.07, 6.45) is 1.70. The highest BCUT2D eigenvalue weighted by Gasteiger charge is 2.05. The Bertz CT molecular complexity index is 621. The fourth-order valence-corrected chi connectivity index (χ4v) is 1.77. The maximum absolute atomic E-state index is 12.0. The van der Waals surface area contributed by atoms with Gasteiger partial charge >= 0.3 is 0 Å². The van der Waals surface area contributed by atoms with Gasteiger partial charge in [-0.2, -0.15) is 5.10 Å². The zero-order valence-electron chi connectivity index (χ0n) is 11.2. The smallest absolute Gasteiger partial charge is 0.269 e. The molecule has 0 atom stereocenters. The summed E-state index contributed by atoms with van der Waals surface area (Å²) in [5.41, 5.74) is 8.14. The summed E-state index contributed by atoms with van der Waals surface area (Å²) in [4.78, 5) is 14.0. The van der Waals surface area contributed by atoms with Crippen molar-refractivity contribution in [2.75, 3.05) is 24.2 Å². The molecule has 5 heteroatoms. The molecule has 0 aliphatic carbocycles. The molecule has 0 aliphatic heterocycles. The molecule has 100 valence electrons. The third-order valence-electron chi connectivity index (χ3n) is 3.15. The van der Waals surface area contributed by atoms with E-state index in [0.29, 0.717) is 12.2 Å². The summed E-state index contributed by atoms with van der Waals surface area (Å²) in [5, 5.41) is 4.19. The van der Waals surface area contributed by atoms with Crippen molar-refractivity contribution in [3.05, 3.63) is 52.4 Å². The molecule has 0 spiro atoms. The van der Waals surface area contributed by atoms with Crippen molar-refractivity contribution in [2.24, 2.45) is 0 Å². The highest BCUT2D eigenvalue weighted by atomic mass is 16.1. The maximum Gasteiger partial charge on any atom is 0.269 e. The van der Waals surface area contributed by atoms with Crippen molar-refractivity contribution in [2.45, 2.75) is 13.5 Å². The first-order valence-corrected chi connectivity index (χ1v) is 6.23. The standard InChI is InChI=1S/C14H18N4O/c1-3-17(2)12-8-14(19)18(16-9-12)10-11-6-4-5-7-13(11)15/h4-9H,3,10,15H2,1-2H3. The molecule has 2 rings (SSSR count). The molecule has 0 aliphatic rings. The van der Waals surface area contributed by atoms with Crippen LogP contribution in [0.5, 0.6) is 0 Å². The van der Waals surface area contributed by atoms with Crippen LogP contribution in [0.15, 0.2) is 41.3 Å². The van der Waals surface area contributed by atoms with Crippen LogP contribution in [0.3, 0.4) is 0 Å². The average molecular weight is 258 g/mol. The summed E-state index contributed by atoms with van der Waals surface area (Å²) in [5.74, 6) is 0. The molecule has 0 fully saturated rings. The van der Waals surface area contributed by atoms with Crippen molar-refractivity contribution >= 4 is 11.4 Å². The van der Waals surface area contributed by atoms with Gasteiger partial charge < -0.3 is 10.6 Å². The van der Waals surface area contributed by atoms with Gasteiger partial charge in [0.25, 0.3) is 5.56 Å². The summed E-state index contributed by atoms with van der Waals surface area (Å²) in [7, 11) is 1.93. The van der Waals surface area contributed by atoms with Crippen LogP contribution in [0.25, 0.3) is 0 Å². The number of para-hydroxylation sites is 1. The molecule has 0 saturated heterocycles. The molecule has 0 unspecified atom stereocenters. The largest absolute Gasteiger partial charge is 0.398 e. The van der Waals surface area contributed by atoms with Crippen LogP contribution in [0, 0.1) is 0 Å². The minimum atomic E-state index is -0.124. The Morgan fingerprint density at radius 2 is 2.11 bits per heavy atom. The fraction of sp³-hybridized carbons (Fsp3) is 0.286. The SMILES string of the molecule is CCN(C)c1cnn(Cc2ccccc2N)c(=O)c1. The van der Waals surface area contributed by atoms with Crippen LogP contribution in [0.1, 0.15) is 12.5 Å². The highest BCUT2D eigenvalue weighted by Crippen LogP contribution is 2.11. The van der Waals surface area contributed by atoms with Gasteiger partial charge in [-0.25, -0.2) is 4.68 Å². The van der Waals surface area contributed by atoms with Crippen molar-refractivity contribution in [1.29, 1.82) is 0 Å². The molecular weight excluding hydrogens is 240 g/mol. The van der Waals surface area contributed by atoms with E-state index in [1.165, 1.54) is 4.68 Å². The van der Waals surface area contributed by atoms with Crippen LogP contribution in [0.4, 0.5) is 11.4 Å². The molecule has 0 saturated carbocycles. The van der Waals surface area contributed by atoms with Gasteiger partial charge in [-0.3, -0.25) is 4.79 Å². The van der Waals surface area contributed by atoms with E-state index in [2.05, 4.69) is 5.10 Å². The van der Waals surface area contributed by atoms with Crippen LogP contribution >= 0.6 is 0 Å². The minimum Gasteiger partial charge on any atom is -0.398 e. The van der Waals surface area contributed by atoms with Gasteiger partial charge in [0.15, 0.2) is 0 Å². The molecule has 19 heavy (non-hydrogen) atoms. The predicted octanol–water partition coefficient (Wildman–Crippen LogP) is 1.33. The normalized spacial score (nSPS) is 10.4. The Kier molecular flexibility index (Phi) is 3.85. The zero-order chi connectivity index (χ0) is 13.8. The average Bonchev–Trinajstić information content (AvgIpc) is 2.42. The Morgan fingerprint density at radius 1 is 1.37 bits per heavy atom. The first-order valence-electron chi connectivity index (χ1n) is 6.23. The van der Waals surface area contributed by atoms with Crippen LogP contribution in [-0.4, -0.2) is 23.4 Å². The Balaban J connectivity index is 2.28. The van der Waals surface area contributed by atoms with Gasteiger partial charge in [-0.15, -0.1) is 0 Å². The van der Waals surface area contributed by atoms with Crippen molar-refractivity contribution < 1.29 is 0 Å². The van der Waals surface area contributed by atoms with Crippen molar-refractivity contribution in [1.82, 2.24) is 9.78 Å². The van der Waals surface area contributed by atoms with Gasteiger partial charge in [0.1, 0.15) is 0 Å². The third-order valence-corrected chi connectivity index (χ3v) is 3.15. The number of benzene rings is 1. The molecule has 0 radical (unpaired) electrons. The number of nitrogen functional groups attached to an aromatic ring is 1. The van der Waals surface area contributed by atoms with Crippen LogP contribution in [0.2, 0.25) is 0 Å². The molecule has 1 heterocycles. The number of hydrogen-bond donors (Lipinski definition) is 1. The quantitative estimate of drug-likeness (QED) is 0.840. The first kappa shape index (κ1) is 13.1. The highest BCUT2D eigenvalue weighted by molar-refractivity contribution is 5.46. The van der Waals surface area contributed by atoms with Gasteiger partial charge in [0.2, 0.25) is 0 Å². The van der Waals surface area contributed by atoms with E-state index in [-0.39, 0.29) is 5.56 Å². The number of nitrogens with zero attached hydrogens (tertiary/aromatic N) is 3. The van der Waals surface area contributed by atoms with E-state index in [4.69, 9.17) is 5.73 Å². The third kappa shape index (κ3) is 2.93. The molecule has 0 amide bonds. The fourth-order valence-electron chi connectivity index (χ4n) is 1.77. The zero-order valence-corrected chi connectivity index (χ0v) is 11.2. The molecule has 1 aromatic heterocycles. The Hall–Kier alpha value is -2.30. The minimum absolute atomic E-state index is 0.124. The van der Waals surface area contributed by atoms with E-state index in [0.717, 1.165) is 17.8 Å². The number of anilines is 2. The lowest BCUT2D eigenvalue weighted by molar-refractivity contribution is 0.638. The summed E-state index contributed by atoms with van der Waals surface area (Å²) >= 11 is 0. The second kappa shape index (κ2) is 5.56. The second-order valence-corrected chi connectivity index (χ2v) is 4.42. The second-order valence-electron chi connectivity index (χ2n) is 4.42. The molecule has 1 aromatic carbocycles. The van der Waals surface area contributed by atoms with E-state index < -0.39 is 0 Å². The number of nitrogens with two attached hydrogens (primary N) is 1. The van der Waals surface area contributed by atoms with Crippen LogP contribution in [-0.2, 0) is 6.54 Å². The van der Waals surface area contributed by atoms with Gasteiger partial charge in [-0.05, 0) is 18.6 Å². The van der Waals surface area contributed by atoms with Gasteiger partial charge in [-0.1, -0.05) is 18.2 Å². The first-order chi connectivity index (χ1) is 9.11. The lowest BCUT2D eigenvalue weighted by atomic mass is 10.2. The monoisotopic (exact) mass is 258 g/mol. The topological polar surface area (TPSA) is 64.2 Å². The van der Waals surface area contributed by atoms with Crippen molar-refractivity contribution in [3.63, 3.8) is 0 Å². The number of hydrogen-bond acceptors (Lipinski definition) is 4. The maximum atomic E-state index is 12.0. The van der Waals surface area contributed by atoms with Crippen LogP contribution < -0.4 is 16.2 Å². The van der Waals surface area contributed by atoms with Gasteiger partial charge in [0.05, 0.1) is 18.4 Å². The molecule has 2 N–H and O–H groups in total. The lowest BCUT2D eigenvalue weighted by Crippen LogP contribution is -2.26. The summed E-state index contributed by atoms with van der Waals surface area (Å²) in [6.45, 7) is 3.24. The van der Waals surface area contributed by atoms with E-state index in [1.54, 1.807) is 12.3 Å². The van der Waals surface area contributed by atoms with Gasteiger partial charge in [0, 0.05) is 25.3 Å². The predicted molar refractivity (Wildman–Crippen MR) is 77.4 cm³/mol. The van der Waals surface area contributed by atoms with E-state index in [9.17, 15) is 4.79 Å². The Labute approximate surface area is 112 Å². The molecule has 0 bridgehead atoms.